The summed E-state index contributed by atoms with van der Waals surface area (Å²) in [6, 6.07) is 16.1. The minimum absolute atomic E-state index is 0.270. The molecule has 0 fully saturated rings. The van der Waals surface area contributed by atoms with Gasteiger partial charge in [-0.1, -0.05) is 29.8 Å². The molecule has 3 heteroatoms. The molecular formula is C15H11ClN2. The maximum Gasteiger partial charge on any atom is 0.0992 e. The number of nitriles is 1. The van der Waals surface area contributed by atoms with Gasteiger partial charge in [0.05, 0.1) is 17.7 Å². The van der Waals surface area contributed by atoms with E-state index in [1.54, 1.807) is 0 Å². The van der Waals surface area contributed by atoms with Gasteiger partial charge in [0.15, 0.2) is 0 Å². The first-order valence-electron chi connectivity index (χ1n) is 5.81. The molecule has 3 rings (SSSR count). The van der Waals surface area contributed by atoms with Crippen molar-refractivity contribution >= 4 is 17.3 Å². The molecule has 1 unspecified atom stereocenters. The monoisotopic (exact) mass is 254 g/mol. The number of rotatable bonds is 1. The third kappa shape index (κ3) is 1.94. The first kappa shape index (κ1) is 11.1. The van der Waals surface area contributed by atoms with Crippen molar-refractivity contribution < 1.29 is 0 Å². The van der Waals surface area contributed by atoms with Crippen molar-refractivity contribution in [2.75, 3.05) is 5.32 Å². The molecule has 2 aromatic carbocycles. The van der Waals surface area contributed by atoms with Gasteiger partial charge in [-0.15, -0.1) is 0 Å². The van der Waals surface area contributed by atoms with Crippen LogP contribution in [-0.2, 0) is 6.42 Å². The predicted octanol–water partition coefficient (Wildman–Crippen LogP) is 3.92. The molecule has 0 saturated carbocycles. The van der Waals surface area contributed by atoms with Gasteiger partial charge in [0.25, 0.3) is 0 Å². The Bertz CT molecular complexity index is 626. The second-order valence-corrected chi connectivity index (χ2v) is 4.87. The lowest BCUT2D eigenvalue weighted by Crippen LogP contribution is -2.05. The zero-order valence-corrected chi connectivity index (χ0v) is 10.4. The molecule has 0 aliphatic carbocycles. The Hall–Kier alpha value is -1.98. The molecule has 0 amide bonds. The van der Waals surface area contributed by atoms with Crippen molar-refractivity contribution in [3.63, 3.8) is 0 Å². The van der Waals surface area contributed by atoms with E-state index in [2.05, 4.69) is 11.4 Å². The summed E-state index contributed by atoms with van der Waals surface area (Å²) in [5.41, 5.74) is 4.23. The van der Waals surface area contributed by atoms with E-state index in [9.17, 15) is 0 Å². The molecule has 0 radical (unpaired) electrons. The summed E-state index contributed by atoms with van der Waals surface area (Å²) in [5, 5.41) is 13.1. The normalized spacial score (nSPS) is 16.8. The Labute approximate surface area is 111 Å². The number of anilines is 1. The number of nitrogens with zero attached hydrogens (tertiary/aromatic N) is 1. The van der Waals surface area contributed by atoms with Crippen LogP contribution in [0.5, 0.6) is 0 Å². The van der Waals surface area contributed by atoms with E-state index in [-0.39, 0.29) is 6.04 Å². The Morgan fingerprint density at radius 3 is 2.67 bits per heavy atom. The highest BCUT2D eigenvalue weighted by molar-refractivity contribution is 6.30. The first-order chi connectivity index (χ1) is 8.76. The lowest BCUT2D eigenvalue weighted by Gasteiger charge is -2.11. The van der Waals surface area contributed by atoms with Gasteiger partial charge in [0.1, 0.15) is 0 Å². The number of nitrogens with one attached hydrogen (secondary N) is 1. The summed E-state index contributed by atoms with van der Waals surface area (Å²) in [5.74, 6) is 0. The summed E-state index contributed by atoms with van der Waals surface area (Å²) in [6.07, 6.45) is 0.947. The van der Waals surface area contributed by atoms with Crippen LogP contribution in [-0.4, -0.2) is 0 Å². The zero-order valence-electron chi connectivity index (χ0n) is 9.65. The Morgan fingerprint density at radius 1 is 1.17 bits per heavy atom. The first-order valence-corrected chi connectivity index (χ1v) is 6.19. The average Bonchev–Trinajstić information content (AvgIpc) is 2.82. The Balaban J connectivity index is 1.89. The highest BCUT2D eigenvalue weighted by Crippen LogP contribution is 2.34. The van der Waals surface area contributed by atoms with Gasteiger partial charge in [-0.05, 0) is 41.8 Å². The van der Waals surface area contributed by atoms with Crippen molar-refractivity contribution in [2.24, 2.45) is 0 Å². The lowest BCUT2D eigenvalue weighted by molar-refractivity contribution is 0.824. The van der Waals surface area contributed by atoms with E-state index in [0.29, 0.717) is 5.56 Å². The average molecular weight is 255 g/mol. The van der Waals surface area contributed by atoms with Crippen LogP contribution < -0.4 is 5.32 Å². The third-order valence-corrected chi connectivity index (χ3v) is 3.52. The topological polar surface area (TPSA) is 35.8 Å². The summed E-state index contributed by atoms with van der Waals surface area (Å²) >= 11 is 5.89. The summed E-state index contributed by atoms with van der Waals surface area (Å²) in [6.45, 7) is 0. The second kappa shape index (κ2) is 4.36. The van der Waals surface area contributed by atoms with Crippen LogP contribution in [0.3, 0.4) is 0 Å². The van der Waals surface area contributed by atoms with Crippen LogP contribution in [0, 0.1) is 11.3 Å². The van der Waals surface area contributed by atoms with E-state index in [1.165, 1.54) is 11.1 Å². The van der Waals surface area contributed by atoms with Gasteiger partial charge in [0, 0.05) is 10.7 Å². The number of hydrogen-bond donors (Lipinski definition) is 1. The highest BCUT2D eigenvalue weighted by atomic mass is 35.5. The van der Waals surface area contributed by atoms with Crippen LogP contribution in [0.4, 0.5) is 5.69 Å². The summed E-state index contributed by atoms with van der Waals surface area (Å²) < 4.78 is 0. The van der Waals surface area contributed by atoms with E-state index < -0.39 is 0 Å². The fourth-order valence-corrected chi connectivity index (χ4v) is 2.44. The fraction of sp³-hybridized carbons (Fsp3) is 0.133. The van der Waals surface area contributed by atoms with Crippen molar-refractivity contribution in [3.8, 4) is 6.07 Å². The molecule has 18 heavy (non-hydrogen) atoms. The van der Waals surface area contributed by atoms with Crippen LogP contribution in [0.1, 0.15) is 22.7 Å². The molecule has 1 aliphatic heterocycles. The minimum atomic E-state index is 0.270. The molecule has 88 valence electrons. The standard InChI is InChI=1S/C15H11ClN2/c16-13-5-3-11(4-6-13)15-8-12-2-1-10(9-17)7-14(12)18-15/h1-7,15,18H,8H2. The zero-order chi connectivity index (χ0) is 12.5. The van der Waals surface area contributed by atoms with Gasteiger partial charge < -0.3 is 5.32 Å². The summed E-state index contributed by atoms with van der Waals surface area (Å²) in [7, 11) is 0. The van der Waals surface area contributed by atoms with Crippen LogP contribution >= 0.6 is 11.6 Å². The Kier molecular flexibility index (Phi) is 2.70. The van der Waals surface area contributed by atoms with E-state index in [1.807, 2.05) is 42.5 Å². The number of fused-ring (bicyclic) bond motifs is 1. The maximum atomic E-state index is 8.89. The van der Waals surface area contributed by atoms with Crippen molar-refractivity contribution in [1.29, 1.82) is 5.26 Å². The largest absolute Gasteiger partial charge is 0.378 e. The fourth-order valence-electron chi connectivity index (χ4n) is 2.31. The molecule has 1 atom stereocenters. The summed E-state index contributed by atoms with van der Waals surface area (Å²) in [4.78, 5) is 0. The Morgan fingerprint density at radius 2 is 1.94 bits per heavy atom. The van der Waals surface area contributed by atoms with Gasteiger partial charge in [-0.25, -0.2) is 0 Å². The molecular weight excluding hydrogens is 244 g/mol. The van der Waals surface area contributed by atoms with Crippen LogP contribution in [0.2, 0.25) is 5.02 Å². The number of benzene rings is 2. The van der Waals surface area contributed by atoms with Gasteiger partial charge in [-0.3, -0.25) is 0 Å². The van der Waals surface area contributed by atoms with Gasteiger partial charge in [-0.2, -0.15) is 5.26 Å². The lowest BCUT2D eigenvalue weighted by atomic mass is 10.0. The molecule has 0 aromatic heterocycles. The van der Waals surface area contributed by atoms with E-state index in [4.69, 9.17) is 16.9 Å². The molecule has 2 aromatic rings. The van der Waals surface area contributed by atoms with Crippen molar-refractivity contribution in [1.82, 2.24) is 0 Å². The van der Waals surface area contributed by atoms with Crippen molar-refractivity contribution in [2.45, 2.75) is 12.5 Å². The number of hydrogen-bond acceptors (Lipinski definition) is 2. The minimum Gasteiger partial charge on any atom is -0.378 e. The van der Waals surface area contributed by atoms with Gasteiger partial charge >= 0.3 is 0 Å². The number of halogens is 1. The SMILES string of the molecule is N#Cc1ccc2c(c1)NC(c1ccc(Cl)cc1)C2. The van der Waals surface area contributed by atoms with E-state index >= 15 is 0 Å². The van der Waals surface area contributed by atoms with E-state index in [0.717, 1.165) is 17.1 Å². The molecule has 0 spiro atoms. The van der Waals surface area contributed by atoms with Crippen LogP contribution in [0.25, 0.3) is 0 Å². The molecule has 0 saturated heterocycles. The predicted molar refractivity (Wildman–Crippen MR) is 72.7 cm³/mol. The second-order valence-electron chi connectivity index (χ2n) is 4.44. The molecule has 1 heterocycles. The quantitative estimate of drug-likeness (QED) is 0.837. The third-order valence-electron chi connectivity index (χ3n) is 3.27. The molecule has 2 nitrogen and oxygen atoms in total. The highest BCUT2D eigenvalue weighted by Gasteiger charge is 2.21. The smallest absolute Gasteiger partial charge is 0.0992 e. The van der Waals surface area contributed by atoms with Crippen molar-refractivity contribution in [3.05, 3.63) is 64.2 Å². The van der Waals surface area contributed by atoms with Gasteiger partial charge in [0.2, 0.25) is 0 Å². The van der Waals surface area contributed by atoms with Crippen LogP contribution in [0.15, 0.2) is 42.5 Å². The molecule has 0 bridgehead atoms. The molecule has 1 aliphatic rings. The maximum absolute atomic E-state index is 8.89. The molecule has 1 N–H and O–H groups in total.